The molecule has 3 rings (SSSR count). The summed E-state index contributed by atoms with van der Waals surface area (Å²) in [6, 6.07) is 15.3. The Balaban J connectivity index is 1.70. The largest absolute Gasteiger partial charge is 0.372 e. The third kappa shape index (κ3) is 6.90. The number of nitrogens with one attached hydrogen (secondary N) is 1. The third-order valence-electron chi connectivity index (χ3n) is 5.61. The Labute approximate surface area is 213 Å². The van der Waals surface area contributed by atoms with Crippen LogP contribution in [0.3, 0.4) is 0 Å². The van der Waals surface area contributed by atoms with Gasteiger partial charge in [0.1, 0.15) is 0 Å². The Morgan fingerprint density at radius 3 is 2.31 bits per heavy atom. The molecule has 2 aromatic carbocycles. The van der Waals surface area contributed by atoms with Crippen molar-refractivity contribution in [1.82, 2.24) is 9.29 Å². The van der Waals surface area contributed by atoms with E-state index in [0.717, 1.165) is 37.1 Å². The van der Waals surface area contributed by atoms with Gasteiger partial charge in [-0.25, -0.2) is 13.4 Å². The summed E-state index contributed by atoms with van der Waals surface area (Å²) in [6.45, 7) is 11.2. The molecule has 0 bridgehead atoms. The van der Waals surface area contributed by atoms with Crippen molar-refractivity contribution in [2.24, 2.45) is 5.10 Å². The molecule has 1 heterocycles. The molecule has 0 aliphatic rings. The van der Waals surface area contributed by atoms with Gasteiger partial charge in [-0.1, -0.05) is 38.1 Å². The monoisotopic (exact) mass is 513 g/mol. The lowest BCUT2D eigenvalue weighted by atomic mass is 10.2. The number of hydrogen-bond donors (Lipinski definition) is 1. The normalized spacial score (nSPS) is 11.9. The molecular weight excluding hydrogens is 478 g/mol. The van der Waals surface area contributed by atoms with Gasteiger partial charge in [0, 0.05) is 42.8 Å². The van der Waals surface area contributed by atoms with Crippen LogP contribution in [0.5, 0.6) is 0 Å². The molecule has 0 amide bonds. The first-order chi connectivity index (χ1) is 16.9. The molecule has 1 N–H and O–H groups in total. The summed E-state index contributed by atoms with van der Waals surface area (Å²) in [5, 5.41) is 6.85. The Morgan fingerprint density at radius 2 is 1.69 bits per heavy atom. The lowest BCUT2D eigenvalue weighted by Crippen LogP contribution is -2.32. The number of anilines is 2. The van der Waals surface area contributed by atoms with Gasteiger partial charge < -0.3 is 4.90 Å². The highest BCUT2D eigenvalue weighted by Gasteiger charge is 2.23. The number of rotatable bonds is 13. The topological polar surface area (TPSA) is 77.9 Å². The molecule has 0 unspecified atom stereocenters. The van der Waals surface area contributed by atoms with Gasteiger partial charge in [-0.15, -0.1) is 11.3 Å². The van der Waals surface area contributed by atoms with E-state index in [1.165, 1.54) is 17.0 Å². The van der Waals surface area contributed by atoms with E-state index in [0.29, 0.717) is 28.8 Å². The molecule has 0 aliphatic carbocycles. The van der Waals surface area contributed by atoms with Crippen molar-refractivity contribution < 1.29 is 8.42 Å². The zero-order valence-electron chi connectivity index (χ0n) is 20.9. The summed E-state index contributed by atoms with van der Waals surface area (Å²) < 4.78 is 27.8. The van der Waals surface area contributed by atoms with E-state index >= 15 is 0 Å². The van der Waals surface area contributed by atoms with Crippen molar-refractivity contribution in [2.45, 2.75) is 45.4 Å². The van der Waals surface area contributed by atoms with Gasteiger partial charge in [0.15, 0.2) is 0 Å². The number of aromatic nitrogens is 1. The van der Waals surface area contributed by atoms with Crippen molar-refractivity contribution in [3.63, 3.8) is 0 Å². The number of benzene rings is 2. The van der Waals surface area contributed by atoms with Crippen LogP contribution in [-0.2, 0) is 10.0 Å². The van der Waals surface area contributed by atoms with Crippen LogP contribution in [0.15, 0.2) is 63.9 Å². The number of hydrogen-bond acceptors (Lipinski definition) is 7. The third-order valence-corrected chi connectivity index (χ3v) is 8.25. The van der Waals surface area contributed by atoms with Gasteiger partial charge in [-0.3, -0.25) is 5.43 Å². The number of nitrogens with zero attached hydrogens (tertiary/aromatic N) is 4. The molecule has 0 atom stereocenters. The molecule has 0 aliphatic heterocycles. The molecule has 188 valence electrons. The quantitative estimate of drug-likeness (QED) is 0.227. The van der Waals surface area contributed by atoms with Crippen LogP contribution in [0.4, 0.5) is 10.8 Å². The van der Waals surface area contributed by atoms with Crippen LogP contribution in [0, 0.1) is 0 Å². The van der Waals surface area contributed by atoms with Crippen LogP contribution < -0.4 is 10.3 Å². The van der Waals surface area contributed by atoms with Crippen LogP contribution in [-0.4, -0.2) is 50.1 Å². The maximum atomic E-state index is 13.1. The number of thiazole rings is 1. The van der Waals surface area contributed by atoms with Crippen molar-refractivity contribution in [1.29, 1.82) is 0 Å². The summed E-state index contributed by atoms with van der Waals surface area (Å²) in [7, 11) is -3.54. The molecule has 0 radical (unpaired) electrons. The van der Waals surface area contributed by atoms with Gasteiger partial charge in [0.05, 0.1) is 16.8 Å². The first-order valence-corrected chi connectivity index (χ1v) is 14.4. The van der Waals surface area contributed by atoms with Gasteiger partial charge in [-0.05, 0) is 56.5 Å². The van der Waals surface area contributed by atoms with E-state index in [9.17, 15) is 8.42 Å². The smallest absolute Gasteiger partial charge is 0.243 e. The maximum absolute atomic E-state index is 13.1. The standard InChI is InChI=1S/C26H35N5O2S2/c1-5-16-31(17-6-2)35(32,33)24-11-9-10-22(18-24)25-20-34-26(28-25)29-27-19-21-12-14-23(15-13-21)30(7-3)8-4/h9-15,18-20H,5-8,16-17H2,1-4H3,(H,28,29)/b27-19+. The van der Waals surface area contributed by atoms with Crippen molar-refractivity contribution >= 4 is 38.4 Å². The lowest BCUT2D eigenvalue weighted by molar-refractivity contribution is 0.410. The average molecular weight is 514 g/mol. The average Bonchev–Trinajstić information content (AvgIpc) is 3.35. The summed E-state index contributed by atoms with van der Waals surface area (Å²) >= 11 is 1.43. The molecule has 0 fully saturated rings. The predicted molar refractivity (Wildman–Crippen MR) is 148 cm³/mol. The highest BCUT2D eigenvalue weighted by molar-refractivity contribution is 7.89. The minimum Gasteiger partial charge on any atom is -0.372 e. The summed E-state index contributed by atoms with van der Waals surface area (Å²) in [5.74, 6) is 0. The fourth-order valence-corrected chi connectivity index (χ4v) is 6.13. The highest BCUT2D eigenvalue weighted by atomic mass is 32.2. The van der Waals surface area contributed by atoms with E-state index in [1.54, 1.807) is 28.7 Å². The van der Waals surface area contributed by atoms with Gasteiger partial charge in [-0.2, -0.15) is 9.41 Å². The van der Waals surface area contributed by atoms with Crippen LogP contribution in [0.1, 0.15) is 46.1 Å². The molecule has 35 heavy (non-hydrogen) atoms. The van der Waals surface area contributed by atoms with Crippen LogP contribution in [0.2, 0.25) is 0 Å². The molecule has 7 nitrogen and oxygen atoms in total. The van der Waals surface area contributed by atoms with Crippen molar-refractivity contribution in [2.75, 3.05) is 36.5 Å². The molecule has 0 saturated carbocycles. The van der Waals surface area contributed by atoms with Gasteiger partial charge >= 0.3 is 0 Å². The maximum Gasteiger partial charge on any atom is 0.243 e. The molecule has 0 spiro atoms. The lowest BCUT2D eigenvalue weighted by Gasteiger charge is -2.21. The van der Waals surface area contributed by atoms with E-state index in [4.69, 9.17) is 0 Å². The fraction of sp³-hybridized carbons (Fsp3) is 0.385. The van der Waals surface area contributed by atoms with Gasteiger partial charge in [0.25, 0.3) is 0 Å². The van der Waals surface area contributed by atoms with Crippen LogP contribution >= 0.6 is 11.3 Å². The summed E-state index contributed by atoms with van der Waals surface area (Å²) in [5.41, 5.74) is 6.64. The Bertz CT molecular complexity index is 1200. The Kier molecular flexibility index (Phi) is 9.83. The van der Waals surface area contributed by atoms with E-state index in [-0.39, 0.29) is 0 Å². The zero-order valence-corrected chi connectivity index (χ0v) is 22.6. The zero-order chi connectivity index (χ0) is 25.3. The van der Waals surface area contributed by atoms with E-state index in [1.807, 2.05) is 37.4 Å². The van der Waals surface area contributed by atoms with E-state index < -0.39 is 10.0 Å². The minimum absolute atomic E-state index is 0.297. The first-order valence-electron chi connectivity index (χ1n) is 12.1. The minimum atomic E-state index is -3.54. The van der Waals surface area contributed by atoms with E-state index in [2.05, 4.69) is 46.4 Å². The van der Waals surface area contributed by atoms with Crippen LogP contribution in [0.25, 0.3) is 11.3 Å². The predicted octanol–water partition coefficient (Wildman–Crippen LogP) is 5.91. The first kappa shape index (κ1) is 26.8. The SMILES string of the molecule is CCCN(CCC)S(=O)(=O)c1cccc(-c2csc(N/N=C/c3ccc(N(CC)CC)cc3)n2)c1. The summed E-state index contributed by atoms with van der Waals surface area (Å²) in [4.78, 5) is 7.18. The molecular formula is C26H35N5O2S2. The molecule has 3 aromatic rings. The molecule has 9 heteroatoms. The Hall–Kier alpha value is -2.75. The van der Waals surface area contributed by atoms with Gasteiger partial charge in [0.2, 0.25) is 15.2 Å². The van der Waals surface area contributed by atoms with Crippen molar-refractivity contribution in [3.8, 4) is 11.3 Å². The number of hydrazone groups is 1. The second-order valence-corrected chi connectivity index (χ2v) is 10.9. The fourth-order valence-electron chi connectivity index (χ4n) is 3.80. The van der Waals surface area contributed by atoms with Crippen molar-refractivity contribution in [3.05, 3.63) is 59.5 Å². The second kappa shape index (κ2) is 12.8. The highest BCUT2D eigenvalue weighted by Crippen LogP contribution is 2.28. The molecule has 1 aromatic heterocycles. The second-order valence-electron chi connectivity index (χ2n) is 8.10. The Morgan fingerprint density at radius 1 is 1.00 bits per heavy atom. The summed E-state index contributed by atoms with van der Waals surface area (Å²) in [6.07, 6.45) is 3.32. The number of sulfonamides is 1. The molecule has 0 saturated heterocycles.